The molecule has 0 nitrogen and oxygen atoms in total. The Balaban J connectivity index is 2.40. The van der Waals surface area contributed by atoms with Crippen LogP contribution in [0.15, 0.2) is 0 Å². The van der Waals surface area contributed by atoms with Crippen molar-refractivity contribution in [1.29, 1.82) is 0 Å². The Morgan fingerprint density at radius 1 is 1.18 bits per heavy atom. The predicted octanol–water partition coefficient (Wildman–Crippen LogP) is 3.42. The Morgan fingerprint density at radius 2 is 1.82 bits per heavy atom. The summed E-state index contributed by atoms with van der Waals surface area (Å²) in [6.07, 6.45) is 2.83. The van der Waals surface area contributed by atoms with Crippen LogP contribution in [0.2, 0.25) is 0 Å². The van der Waals surface area contributed by atoms with Crippen molar-refractivity contribution in [2.24, 2.45) is 17.8 Å². The number of hydrogen-bond acceptors (Lipinski definition) is 0. The fourth-order valence-electron chi connectivity index (χ4n) is 2.01. The molecule has 0 saturated heterocycles. The van der Waals surface area contributed by atoms with Gasteiger partial charge in [-0.25, -0.2) is 4.39 Å². The first-order chi connectivity index (χ1) is 5.11. The molecule has 11 heavy (non-hydrogen) atoms. The molecule has 0 bridgehead atoms. The van der Waals surface area contributed by atoms with Crippen molar-refractivity contribution in [3.05, 3.63) is 0 Å². The van der Waals surface area contributed by atoms with Crippen molar-refractivity contribution in [1.82, 2.24) is 0 Å². The van der Waals surface area contributed by atoms with E-state index in [1.54, 1.807) is 6.92 Å². The summed E-state index contributed by atoms with van der Waals surface area (Å²) in [6, 6.07) is 0. The molecule has 0 radical (unpaired) electrons. The largest absolute Gasteiger partial charge is 0.247 e. The van der Waals surface area contributed by atoms with Gasteiger partial charge in [0, 0.05) is 0 Å². The summed E-state index contributed by atoms with van der Waals surface area (Å²) in [5.41, 5.74) is 0. The normalized spacial score (nSPS) is 42.0. The van der Waals surface area contributed by atoms with Crippen LogP contribution in [0.5, 0.6) is 0 Å². The van der Waals surface area contributed by atoms with Crippen LogP contribution in [0.3, 0.4) is 0 Å². The molecule has 1 fully saturated rings. The summed E-state index contributed by atoms with van der Waals surface area (Å²) in [4.78, 5) is 0. The van der Waals surface area contributed by atoms with Crippen molar-refractivity contribution >= 4 is 0 Å². The molecule has 0 amide bonds. The second kappa shape index (κ2) is 3.55. The number of alkyl halides is 1. The van der Waals surface area contributed by atoms with Crippen molar-refractivity contribution < 1.29 is 4.39 Å². The maximum atomic E-state index is 12.9. The lowest BCUT2D eigenvalue weighted by molar-refractivity contribution is 0.133. The average Bonchev–Trinajstić information content (AvgIpc) is 1.94. The van der Waals surface area contributed by atoms with Gasteiger partial charge in [-0.3, -0.25) is 0 Å². The highest BCUT2D eigenvalue weighted by Crippen LogP contribution is 2.35. The van der Waals surface area contributed by atoms with E-state index in [0.29, 0.717) is 5.92 Å². The lowest BCUT2D eigenvalue weighted by atomic mass is 9.74. The van der Waals surface area contributed by atoms with Crippen molar-refractivity contribution in [2.45, 2.75) is 46.2 Å². The fraction of sp³-hybridized carbons (Fsp3) is 1.00. The summed E-state index contributed by atoms with van der Waals surface area (Å²) < 4.78 is 12.9. The fourth-order valence-corrected chi connectivity index (χ4v) is 2.01. The third-order valence-corrected chi connectivity index (χ3v) is 3.29. The van der Waals surface area contributed by atoms with Crippen molar-refractivity contribution in [2.75, 3.05) is 0 Å². The molecule has 1 aliphatic carbocycles. The van der Waals surface area contributed by atoms with E-state index >= 15 is 0 Å². The van der Waals surface area contributed by atoms with Gasteiger partial charge in [-0.2, -0.15) is 0 Å². The maximum Gasteiger partial charge on any atom is 0.100 e. The van der Waals surface area contributed by atoms with Crippen LogP contribution in [-0.4, -0.2) is 6.17 Å². The molecule has 0 heterocycles. The number of hydrogen-bond donors (Lipinski definition) is 0. The number of halogens is 1. The topological polar surface area (TPSA) is 0 Å². The quantitative estimate of drug-likeness (QED) is 0.548. The zero-order chi connectivity index (χ0) is 8.43. The molecule has 0 aromatic heterocycles. The molecule has 66 valence electrons. The highest BCUT2D eigenvalue weighted by atomic mass is 19.1. The predicted molar refractivity (Wildman–Crippen MR) is 46.2 cm³/mol. The van der Waals surface area contributed by atoms with Crippen LogP contribution in [0.1, 0.15) is 40.0 Å². The first-order valence-electron chi connectivity index (χ1n) is 4.75. The van der Waals surface area contributed by atoms with Gasteiger partial charge in [0.25, 0.3) is 0 Å². The summed E-state index contributed by atoms with van der Waals surface area (Å²) >= 11 is 0. The zero-order valence-electron chi connectivity index (χ0n) is 7.81. The Labute approximate surface area is 69.2 Å². The molecule has 0 aliphatic heterocycles. The Hall–Kier alpha value is -0.0700. The van der Waals surface area contributed by atoms with E-state index in [1.807, 2.05) is 0 Å². The van der Waals surface area contributed by atoms with E-state index < -0.39 is 6.17 Å². The van der Waals surface area contributed by atoms with Crippen molar-refractivity contribution in [3.8, 4) is 0 Å². The third kappa shape index (κ3) is 2.18. The Bertz CT molecular complexity index is 120. The van der Waals surface area contributed by atoms with Crippen LogP contribution in [-0.2, 0) is 0 Å². The molecule has 4 unspecified atom stereocenters. The van der Waals surface area contributed by atoms with Gasteiger partial charge in [0.15, 0.2) is 0 Å². The van der Waals surface area contributed by atoms with Gasteiger partial charge in [0.05, 0.1) is 0 Å². The van der Waals surface area contributed by atoms with Crippen LogP contribution in [0.4, 0.5) is 4.39 Å². The molecular formula is C10H19F. The SMILES string of the molecule is CC(F)C1CCC(C)C(C)C1. The monoisotopic (exact) mass is 158 g/mol. The molecule has 1 aliphatic rings. The van der Waals surface area contributed by atoms with Gasteiger partial charge in [0.2, 0.25) is 0 Å². The molecule has 4 atom stereocenters. The minimum Gasteiger partial charge on any atom is -0.247 e. The standard InChI is InChI=1S/C10H19F/c1-7-4-5-10(9(3)11)6-8(7)2/h7-10H,4-6H2,1-3H3. The van der Waals surface area contributed by atoms with Gasteiger partial charge in [-0.1, -0.05) is 20.3 Å². The van der Waals surface area contributed by atoms with Gasteiger partial charge < -0.3 is 0 Å². The summed E-state index contributed by atoms with van der Waals surface area (Å²) in [6.45, 7) is 6.23. The van der Waals surface area contributed by atoms with Gasteiger partial charge in [-0.15, -0.1) is 0 Å². The zero-order valence-corrected chi connectivity index (χ0v) is 7.81. The molecular weight excluding hydrogens is 139 g/mol. The van der Waals surface area contributed by atoms with E-state index in [9.17, 15) is 4.39 Å². The van der Waals surface area contributed by atoms with Crippen LogP contribution < -0.4 is 0 Å². The van der Waals surface area contributed by atoms with Crippen LogP contribution >= 0.6 is 0 Å². The molecule has 0 spiro atoms. The minimum atomic E-state index is -0.593. The third-order valence-electron chi connectivity index (χ3n) is 3.29. The smallest absolute Gasteiger partial charge is 0.100 e. The summed E-state index contributed by atoms with van der Waals surface area (Å²) in [5.74, 6) is 1.89. The van der Waals surface area contributed by atoms with E-state index in [0.717, 1.165) is 24.7 Å². The van der Waals surface area contributed by atoms with E-state index in [-0.39, 0.29) is 0 Å². The second-order valence-electron chi connectivity index (χ2n) is 4.21. The summed E-state index contributed by atoms with van der Waals surface area (Å²) in [5, 5.41) is 0. The minimum absolute atomic E-state index is 0.348. The summed E-state index contributed by atoms with van der Waals surface area (Å²) in [7, 11) is 0. The highest BCUT2D eigenvalue weighted by molar-refractivity contribution is 4.77. The lowest BCUT2D eigenvalue weighted by Crippen LogP contribution is -2.25. The lowest BCUT2D eigenvalue weighted by Gasteiger charge is -2.32. The molecule has 0 aromatic carbocycles. The maximum absolute atomic E-state index is 12.9. The van der Waals surface area contributed by atoms with Crippen molar-refractivity contribution in [3.63, 3.8) is 0 Å². The molecule has 0 N–H and O–H groups in total. The van der Waals surface area contributed by atoms with E-state index in [1.165, 1.54) is 6.42 Å². The van der Waals surface area contributed by atoms with E-state index in [2.05, 4.69) is 13.8 Å². The molecule has 1 rings (SSSR count). The first-order valence-corrected chi connectivity index (χ1v) is 4.75. The van der Waals surface area contributed by atoms with Gasteiger partial charge in [-0.05, 0) is 37.5 Å². The highest BCUT2D eigenvalue weighted by Gasteiger charge is 2.27. The van der Waals surface area contributed by atoms with E-state index in [4.69, 9.17) is 0 Å². The second-order valence-corrected chi connectivity index (χ2v) is 4.21. The van der Waals surface area contributed by atoms with Gasteiger partial charge >= 0.3 is 0 Å². The average molecular weight is 158 g/mol. The first kappa shape index (κ1) is 9.02. The van der Waals surface area contributed by atoms with Crippen LogP contribution in [0.25, 0.3) is 0 Å². The molecule has 1 saturated carbocycles. The number of rotatable bonds is 1. The molecule has 0 aromatic rings. The Kier molecular flexibility index (Phi) is 2.91. The van der Waals surface area contributed by atoms with Crippen LogP contribution in [0, 0.1) is 17.8 Å². The molecule has 1 heteroatoms. The van der Waals surface area contributed by atoms with Gasteiger partial charge in [0.1, 0.15) is 6.17 Å². The Morgan fingerprint density at radius 3 is 2.27 bits per heavy atom.